The zero-order valence-electron chi connectivity index (χ0n) is 12.6. The average Bonchev–Trinajstić information content (AvgIpc) is 3.24. The number of hydrogen-bond acceptors (Lipinski definition) is 6. The summed E-state index contributed by atoms with van der Waals surface area (Å²) in [4.78, 5) is 13.0. The second-order valence-corrected chi connectivity index (χ2v) is 8.16. The lowest BCUT2D eigenvalue weighted by atomic mass is 10.2. The highest BCUT2D eigenvalue weighted by Crippen LogP contribution is 2.28. The first kappa shape index (κ1) is 16.5. The Morgan fingerprint density at radius 1 is 1.39 bits per heavy atom. The van der Waals surface area contributed by atoms with E-state index < -0.39 is 0 Å². The summed E-state index contributed by atoms with van der Waals surface area (Å²) >= 11 is 6.23. The maximum absolute atomic E-state index is 12.2. The summed E-state index contributed by atoms with van der Waals surface area (Å²) in [5, 5.41) is 9.23. The molecule has 3 aromatic heterocycles. The highest BCUT2D eigenvalue weighted by Gasteiger charge is 2.18. The van der Waals surface area contributed by atoms with Gasteiger partial charge in [0.1, 0.15) is 5.76 Å². The molecule has 0 saturated heterocycles. The number of nitrogens with zero attached hydrogens (tertiary/aromatic N) is 3. The van der Waals surface area contributed by atoms with Gasteiger partial charge in [-0.2, -0.15) is 0 Å². The van der Waals surface area contributed by atoms with Gasteiger partial charge in [0.15, 0.2) is 16.8 Å². The summed E-state index contributed by atoms with van der Waals surface area (Å²) in [5.74, 6) is 2.02. The lowest BCUT2D eigenvalue weighted by Gasteiger charge is -2.06. The van der Waals surface area contributed by atoms with E-state index in [0.717, 1.165) is 37.5 Å². The van der Waals surface area contributed by atoms with Crippen molar-refractivity contribution in [1.29, 1.82) is 0 Å². The first-order valence-corrected chi connectivity index (χ1v) is 9.58. The van der Waals surface area contributed by atoms with Crippen LogP contribution < -0.4 is 0 Å². The molecule has 0 aliphatic heterocycles. The van der Waals surface area contributed by atoms with Crippen molar-refractivity contribution in [2.45, 2.75) is 25.5 Å². The fourth-order valence-electron chi connectivity index (χ4n) is 2.16. The van der Waals surface area contributed by atoms with E-state index in [4.69, 9.17) is 4.42 Å². The Balaban J connectivity index is 1.77. The van der Waals surface area contributed by atoms with Crippen molar-refractivity contribution in [3.63, 3.8) is 0 Å². The number of ketones is 1. The SMILES string of the molecule is CCn1c(SCC(=O)c2ccc(Br)s2)nnc1-c1ccoc1C. The number of carbonyl (C=O) groups is 1. The Hall–Kier alpha value is -1.38. The number of thioether (sulfide) groups is 1. The van der Waals surface area contributed by atoms with Crippen LogP contribution in [-0.4, -0.2) is 26.3 Å². The minimum atomic E-state index is 0.0948. The monoisotopic (exact) mass is 411 g/mol. The fourth-order valence-corrected chi connectivity index (χ4v) is 4.46. The molecule has 3 aromatic rings. The van der Waals surface area contributed by atoms with Gasteiger partial charge in [0.2, 0.25) is 0 Å². The number of carbonyl (C=O) groups excluding carboxylic acids is 1. The van der Waals surface area contributed by atoms with Crippen LogP contribution >= 0.6 is 39.0 Å². The molecule has 0 aromatic carbocycles. The molecule has 0 radical (unpaired) electrons. The molecule has 0 unspecified atom stereocenters. The van der Waals surface area contributed by atoms with Gasteiger partial charge in [-0.3, -0.25) is 4.79 Å². The van der Waals surface area contributed by atoms with Crippen LogP contribution in [0.1, 0.15) is 22.4 Å². The molecule has 0 amide bonds. The van der Waals surface area contributed by atoms with Crippen molar-refractivity contribution in [3.05, 3.63) is 38.9 Å². The van der Waals surface area contributed by atoms with Crippen molar-refractivity contribution >= 4 is 44.8 Å². The summed E-state index contributed by atoms with van der Waals surface area (Å²) in [6, 6.07) is 5.60. The Bertz CT molecular complexity index is 838. The molecule has 0 bridgehead atoms. The van der Waals surface area contributed by atoms with E-state index in [1.807, 2.05) is 36.6 Å². The molecule has 5 nitrogen and oxygen atoms in total. The fraction of sp³-hybridized carbons (Fsp3) is 0.267. The van der Waals surface area contributed by atoms with Crippen LogP contribution in [0.25, 0.3) is 11.4 Å². The van der Waals surface area contributed by atoms with E-state index >= 15 is 0 Å². The van der Waals surface area contributed by atoms with Crippen molar-refractivity contribution in [3.8, 4) is 11.4 Å². The predicted octanol–water partition coefficient (Wildman–Crippen LogP) is 4.67. The standard InChI is InChI=1S/C15H14BrN3O2S2/c1-3-19-14(10-6-7-21-9(10)2)17-18-15(19)22-8-11(20)12-4-5-13(16)23-12/h4-7H,3,8H2,1-2H3. The van der Waals surface area contributed by atoms with Crippen LogP contribution in [0.15, 0.2) is 37.8 Å². The first-order valence-electron chi connectivity index (χ1n) is 6.99. The Labute approximate surface area is 150 Å². The Morgan fingerprint density at radius 3 is 2.83 bits per heavy atom. The summed E-state index contributed by atoms with van der Waals surface area (Å²) in [5.41, 5.74) is 0.930. The van der Waals surface area contributed by atoms with Gasteiger partial charge in [-0.1, -0.05) is 11.8 Å². The third-order valence-electron chi connectivity index (χ3n) is 3.31. The maximum atomic E-state index is 12.2. The second kappa shape index (κ2) is 7.02. The van der Waals surface area contributed by atoms with Gasteiger partial charge in [-0.15, -0.1) is 21.5 Å². The molecule has 3 rings (SSSR count). The third kappa shape index (κ3) is 3.44. The van der Waals surface area contributed by atoms with Crippen molar-refractivity contribution in [1.82, 2.24) is 14.8 Å². The van der Waals surface area contributed by atoms with Gasteiger partial charge >= 0.3 is 0 Å². The van der Waals surface area contributed by atoms with Gasteiger partial charge < -0.3 is 8.98 Å². The summed E-state index contributed by atoms with van der Waals surface area (Å²) < 4.78 is 8.30. The lowest BCUT2D eigenvalue weighted by molar-refractivity contribution is 0.102. The van der Waals surface area contributed by atoms with E-state index in [1.54, 1.807) is 6.26 Å². The molecule has 0 N–H and O–H groups in total. The molecule has 0 aliphatic carbocycles. The quantitative estimate of drug-likeness (QED) is 0.435. The van der Waals surface area contributed by atoms with Crippen LogP contribution in [0.2, 0.25) is 0 Å². The van der Waals surface area contributed by atoms with Crippen LogP contribution in [0, 0.1) is 6.92 Å². The smallest absolute Gasteiger partial charge is 0.191 e. The predicted molar refractivity (Wildman–Crippen MR) is 95.2 cm³/mol. The van der Waals surface area contributed by atoms with Crippen LogP contribution in [0.5, 0.6) is 0 Å². The number of Topliss-reactive ketones (excluding diaryl/α,β-unsaturated/α-hetero) is 1. The molecule has 8 heteroatoms. The zero-order valence-corrected chi connectivity index (χ0v) is 15.8. The molecule has 0 saturated carbocycles. The molecular formula is C15H14BrN3O2S2. The topological polar surface area (TPSA) is 60.9 Å². The van der Waals surface area contributed by atoms with E-state index in [-0.39, 0.29) is 5.78 Å². The van der Waals surface area contributed by atoms with E-state index in [9.17, 15) is 4.79 Å². The van der Waals surface area contributed by atoms with Crippen LogP contribution in [0.3, 0.4) is 0 Å². The number of hydrogen-bond donors (Lipinski definition) is 0. The highest BCUT2D eigenvalue weighted by atomic mass is 79.9. The number of thiophene rings is 1. The first-order chi connectivity index (χ1) is 11.1. The van der Waals surface area contributed by atoms with Crippen molar-refractivity contribution < 1.29 is 9.21 Å². The zero-order chi connectivity index (χ0) is 16.4. The summed E-state index contributed by atoms with van der Waals surface area (Å²) in [7, 11) is 0. The summed E-state index contributed by atoms with van der Waals surface area (Å²) in [6.07, 6.45) is 1.64. The molecule has 0 fully saturated rings. The maximum Gasteiger partial charge on any atom is 0.191 e. The van der Waals surface area contributed by atoms with Gasteiger partial charge in [-0.05, 0) is 48.0 Å². The number of furan rings is 1. The van der Waals surface area contributed by atoms with Gasteiger partial charge in [0.25, 0.3) is 0 Å². The molecule has 3 heterocycles. The number of rotatable bonds is 6. The average molecular weight is 412 g/mol. The van der Waals surface area contributed by atoms with E-state index in [1.165, 1.54) is 23.1 Å². The lowest BCUT2D eigenvalue weighted by Crippen LogP contribution is -2.04. The molecule has 23 heavy (non-hydrogen) atoms. The highest BCUT2D eigenvalue weighted by molar-refractivity contribution is 9.11. The summed E-state index contributed by atoms with van der Waals surface area (Å²) in [6.45, 7) is 4.66. The van der Waals surface area contributed by atoms with Crippen LogP contribution in [-0.2, 0) is 6.54 Å². The molecule has 0 atom stereocenters. The molecule has 0 spiro atoms. The number of aromatic nitrogens is 3. The molecule has 120 valence electrons. The van der Waals surface area contributed by atoms with Crippen LogP contribution in [0.4, 0.5) is 0 Å². The minimum absolute atomic E-state index is 0.0948. The molecular weight excluding hydrogens is 398 g/mol. The Morgan fingerprint density at radius 2 is 2.22 bits per heavy atom. The third-order valence-corrected chi connectivity index (χ3v) is 5.94. The van der Waals surface area contributed by atoms with Crippen molar-refractivity contribution in [2.75, 3.05) is 5.75 Å². The minimum Gasteiger partial charge on any atom is -0.469 e. The van der Waals surface area contributed by atoms with Gasteiger partial charge in [-0.25, -0.2) is 0 Å². The largest absolute Gasteiger partial charge is 0.469 e. The number of aryl methyl sites for hydroxylation is 1. The number of halogens is 1. The van der Waals surface area contributed by atoms with E-state index in [0.29, 0.717) is 5.75 Å². The second-order valence-electron chi connectivity index (χ2n) is 4.76. The van der Waals surface area contributed by atoms with Gasteiger partial charge in [0.05, 0.1) is 26.2 Å². The normalized spacial score (nSPS) is 11.1. The van der Waals surface area contributed by atoms with E-state index in [2.05, 4.69) is 26.1 Å². The Kier molecular flexibility index (Phi) is 5.03. The van der Waals surface area contributed by atoms with Crippen molar-refractivity contribution in [2.24, 2.45) is 0 Å². The van der Waals surface area contributed by atoms with Gasteiger partial charge in [0, 0.05) is 6.54 Å². The molecule has 0 aliphatic rings.